The lowest BCUT2D eigenvalue weighted by Crippen LogP contribution is -2.21. The molecular weight excluding hydrogens is 289 g/mol. The molecule has 0 bridgehead atoms. The van der Waals surface area contributed by atoms with Gasteiger partial charge in [-0.1, -0.05) is 17.7 Å². The van der Waals surface area contributed by atoms with E-state index in [0.717, 1.165) is 23.1 Å². The van der Waals surface area contributed by atoms with E-state index in [2.05, 4.69) is 27.8 Å². The highest BCUT2D eigenvalue weighted by Crippen LogP contribution is 2.34. The molecule has 0 unspecified atom stereocenters. The van der Waals surface area contributed by atoms with Crippen LogP contribution in [0.15, 0.2) is 29.3 Å². The van der Waals surface area contributed by atoms with Crippen LogP contribution in [0.5, 0.6) is 5.75 Å². The average molecular weight is 305 g/mol. The van der Waals surface area contributed by atoms with Crippen molar-refractivity contribution in [1.82, 2.24) is 5.32 Å². The highest BCUT2D eigenvalue weighted by atomic mass is 79.9. The molecule has 0 aliphatic rings. The van der Waals surface area contributed by atoms with E-state index < -0.39 is 0 Å². The monoisotopic (exact) mass is 303 g/mol. The third-order valence-corrected chi connectivity index (χ3v) is 2.83. The molecule has 0 aliphatic carbocycles. The second kappa shape index (κ2) is 6.94. The van der Waals surface area contributed by atoms with Crippen LogP contribution in [0.4, 0.5) is 0 Å². The Balaban J connectivity index is 2.50. The molecule has 2 nitrogen and oxygen atoms in total. The van der Waals surface area contributed by atoms with Crippen LogP contribution < -0.4 is 10.1 Å². The molecule has 88 valence electrons. The van der Waals surface area contributed by atoms with E-state index in [4.69, 9.17) is 16.3 Å². The average Bonchev–Trinajstić information content (AvgIpc) is 2.20. The first kappa shape index (κ1) is 13.6. The summed E-state index contributed by atoms with van der Waals surface area (Å²) in [6.45, 7) is 7.74. The standard InChI is InChI=1S/C12H15BrClNO/c1-3-4-15-5-6-16-12-10(13)7-9(2)8-11(12)14/h3,7-8,15H,1,4-6H2,2H3. The summed E-state index contributed by atoms with van der Waals surface area (Å²) in [7, 11) is 0. The Morgan fingerprint density at radius 2 is 2.31 bits per heavy atom. The number of halogens is 2. The Labute approximate surface area is 110 Å². The quantitative estimate of drug-likeness (QED) is 0.641. The number of benzene rings is 1. The molecule has 0 radical (unpaired) electrons. The van der Waals surface area contributed by atoms with Crippen LogP contribution >= 0.6 is 27.5 Å². The van der Waals surface area contributed by atoms with Crippen molar-refractivity contribution >= 4 is 27.5 Å². The zero-order chi connectivity index (χ0) is 12.0. The Bertz CT molecular complexity index is 345. The molecule has 0 fully saturated rings. The molecule has 1 aromatic rings. The van der Waals surface area contributed by atoms with Crippen LogP contribution in [0.25, 0.3) is 0 Å². The van der Waals surface area contributed by atoms with Crippen molar-refractivity contribution in [3.05, 3.63) is 39.8 Å². The van der Waals surface area contributed by atoms with Crippen molar-refractivity contribution < 1.29 is 4.74 Å². The van der Waals surface area contributed by atoms with Crippen molar-refractivity contribution in [2.24, 2.45) is 0 Å². The maximum absolute atomic E-state index is 6.08. The summed E-state index contributed by atoms with van der Waals surface area (Å²) >= 11 is 9.52. The van der Waals surface area contributed by atoms with Crippen molar-refractivity contribution in [2.75, 3.05) is 19.7 Å². The van der Waals surface area contributed by atoms with E-state index in [1.165, 1.54) is 0 Å². The van der Waals surface area contributed by atoms with Gasteiger partial charge in [0.2, 0.25) is 0 Å². The van der Waals surface area contributed by atoms with Gasteiger partial charge in [0.25, 0.3) is 0 Å². The largest absolute Gasteiger partial charge is 0.490 e. The Kier molecular flexibility index (Phi) is 5.88. The summed E-state index contributed by atoms with van der Waals surface area (Å²) in [5, 5.41) is 3.79. The van der Waals surface area contributed by atoms with Crippen LogP contribution in [-0.4, -0.2) is 19.7 Å². The fourth-order valence-electron chi connectivity index (χ4n) is 1.25. The molecule has 0 saturated carbocycles. The summed E-state index contributed by atoms with van der Waals surface area (Å²) in [5.74, 6) is 0.702. The lowest BCUT2D eigenvalue weighted by Gasteiger charge is -2.11. The van der Waals surface area contributed by atoms with E-state index in [1.807, 2.05) is 25.1 Å². The van der Waals surface area contributed by atoms with E-state index in [-0.39, 0.29) is 0 Å². The molecule has 1 aromatic carbocycles. The lowest BCUT2D eigenvalue weighted by molar-refractivity contribution is 0.314. The molecule has 0 heterocycles. The summed E-state index contributed by atoms with van der Waals surface area (Å²) in [6, 6.07) is 3.87. The number of rotatable bonds is 6. The zero-order valence-corrected chi connectivity index (χ0v) is 11.6. The van der Waals surface area contributed by atoms with Gasteiger partial charge in [0, 0.05) is 13.1 Å². The molecule has 0 atom stereocenters. The van der Waals surface area contributed by atoms with Gasteiger partial charge >= 0.3 is 0 Å². The first-order valence-electron chi connectivity index (χ1n) is 5.05. The van der Waals surface area contributed by atoms with Crippen molar-refractivity contribution in [1.29, 1.82) is 0 Å². The Morgan fingerprint density at radius 3 is 2.94 bits per heavy atom. The summed E-state index contributed by atoms with van der Waals surface area (Å²) in [4.78, 5) is 0. The zero-order valence-electron chi connectivity index (χ0n) is 9.22. The van der Waals surface area contributed by atoms with Gasteiger partial charge in [-0.05, 0) is 40.5 Å². The molecule has 0 spiro atoms. The summed E-state index contributed by atoms with van der Waals surface area (Å²) < 4.78 is 6.48. The molecule has 1 N–H and O–H groups in total. The van der Waals surface area contributed by atoms with Crippen LogP contribution in [0.1, 0.15) is 5.56 Å². The smallest absolute Gasteiger partial charge is 0.152 e. The molecule has 0 amide bonds. The van der Waals surface area contributed by atoms with Gasteiger partial charge in [-0.2, -0.15) is 0 Å². The molecule has 4 heteroatoms. The molecule has 0 aliphatic heterocycles. The minimum absolute atomic E-state index is 0.579. The number of hydrogen-bond acceptors (Lipinski definition) is 2. The summed E-state index contributed by atoms with van der Waals surface area (Å²) in [6.07, 6.45) is 1.81. The molecule has 16 heavy (non-hydrogen) atoms. The third-order valence-electron chi connectivity index (χ3n) is 1.96. The van der Waals surface area contributed by atoms with Gasteiger partial charge in [-0.15, -0.1) is 6.58 Å². The predicted octanol–water partition coefficient (Wildman–Crippen LogP) is 3.57. The second-order valence-electron chi connectivity index (χ2n) is 3.40. The van der Waals surface area contributed by atoms with Crippen LogP contribution in [-0.2, 0) is 0 Å². The molecule has 1 rings (SSSR count). The van der Waals surface area contributed by atoms with E-state index in [1.54, 1.807) is 0 Å². The third kappa shape index (κ3) is 4.16. The van der Waals surface area contributed by atoms with Crippen molar-refractivity contribution in [3.8, 4) is 5.75 Å². The second-order valence-corrected chi connectivity index (χ2v) is 4.66. The van der Waals surface area contributed by atoms with Gasteiger partial charge in [-0.25, -0.2) is 0 Å². The molecular formula is C12H15BrClNO. The van der Waals surface area contributed by atoms with E-state index in [9.17, 15) is 0 Å². The lowest BCUT2D eigenvalue weighted by atomic mass is 10.2. The van der Waals surface area contributed by atoms with Crippen LogP contribution in [0.2, 0.25) is 5.02 Å². The number of nitrogens with one attached hydrogen (secondary N) is 1. The summed E-state index contributed by atoms with van der Waals surface area (Å²) in [5.41, 5.74) is 1.11. The highest BCUT2D eigenvalue weighted by molar-refractivity contribution is 9.10. The van der Waals surface area contributed by atoms with Crippen LogP contribution in [0, 0.1) is 6.92 Å². The number of aryl methyl sites for hydroxylation is 1. The predicted molar refractivity (Wildman–Crippen MR) is 72.5 cm³/mol. The van der Waals surface area contributed by atoms with Crippen molar-refractivity contribution in [2.45, 2.75) is 6.92 Å². The maximum Gasteiger partial charge on any atom is 0.152 e. The Morgan fingerprint density at radius 1 is 1.56 bits per heavy atom. The normalized spacial score (nSPS) is 10.2. The number of ether oxygens (including phenoxy) is 1. The minimum atomic E-state index is 0.579. The highest BCUT2D eigenvalue weighted by Gasteiger charge is 2.07. The van der Waals surface area contributed by atoms with E-state index in [0.29, 0.717) is 17.4 Å². The van der Waals surface area contributed by atoms with Gasteiger partial charge < -0.3 is 10.1 Å². The topological polar surface area (TPSA) is 21.3 Å². The SMILES string of the molecule is C=CCNCCOc1c(Cl)cc(C)cc1Br. The number of hydrogen-bond donors (Lipinski definition) is 1. The minimum Gasteiger partial charge on any atom is -0.490 e. The van der Waals surface area contributed by atoms with Crippen LogP contribution in [0.3, 0.4) is 0 Å². The fourth-order valence-corrected chi connectivity index (χ4v) is 2.39. The Hall–Kier alpha value is -0.510. The maximum atomic E-state index is 6.08. The van der Waals surface area contributed by atoms with Gasteiger partial charge in [0.05, 0.1) is 9.50 Å². The van der Waals surface area contributed by atoms with E-state index >= 15 is 0 Å². The van der Waals surface area contributed by atoms with Gasteiger partial charge in [0.15, 0.2) is 5.75 Å². The fraction of sp³-hybridized carbons (Fsp3) is 0.333. The molecule has 0 aromatic heterocycles. The van der Waals surface area contributed by atoms with Crippen molar-refractivity contribution in [3.63, 3.8) is 0 Å². The first-order chi connectivity index (χ1) is 7.65. The van der Waals surface area contributed by atoms with Gasteiger partial charge in [0.1, 0.15) is 6.61 Å². The molecule has 0 saturated heterocycles. The van der Waals surface area contributed by atoms with Gasteiger partial charge in [-0.3, -0.25) is 0 Å². The first-order valence-corrected chi connectivity index (χ1v) is 6.22.